The van der Waals surface area contributed by atoms with Crippen LogP contribution in [0, 0.1) is 17.0 Å². The Bertz CT molecular complexity index is 1650. The Morgan fingerprint density at radius 1 is 1.07 bits per heavy atom. The molecule has 0 bridgehead atoms. The molecule has 0 aliphatic carbocycles. The summed E-state index contributed by atoms with van der Waals surface area (Å²) in [6.45, 7) is 4.12. The van der Waals surface area contributed by atoms with E-state index < -0.39 is 49.9 Å². The summed E-state index contributed by atoms with van der Waals surface area (Å²) in [6.07, 6.45) is 0.645. The Kier molecular flexibility index (Phi) is 11.8. The van der Waals surface area contributed by atoms with Gasteiger partial charge in [0.2, 0.25) is 11.8 Å². The van der Waals surface area contributed by atoms with Crippen molar-refractivity contribution in [1.82, 2.24) is 10.2 Å². The number of benzene rings is 3. The number of amides is 2. The number of rotatable bonds is 13. The second-order valence-corrected chi connectivity index (χ2v) is 12.8. The largest absolute Gasteiger partial charge is 0.495 e. The number of nitro groups is 1. The van der Waals surface area contributed by atoms with Crippen LogP contribution in [0.5, 0.6) is 5.75 Å². The van der Waals surface area contributed by atoms with E-state index in [0.717, 1.165) is 15.3 Å². The van der Waals surface area contributed by atoms with E-state index in [0.29, 0.717) is 18.5 Å². The highest BCUT2D eigenvalue weighted by atomic mass is 35.5. The predicted molar refractivity (Wildman–Crippen MR) is 170 cm³/mol. The van der Waals surface area contributed by atoms with Crippen molar-refractivity contribution in [1.29, 1.82) is 0 Å². The lowest BCUT2D eigenvalue weighted by atomic mass is 10.1. The Labute approximate surface area is 270 Å². The number of nitrogens with zero attached hydrogens (tertiary/aromatic N) is 3. The lowest BCUT2D eigenvalue weighted by molar-refractivity contribution is -0.385. The smallest absolute Gasteiger partial charge is 0.273 e. The number of ether oxygens (including phenoxy) is 1. The normalized spacial score (nSPS) is 11.9. The molecule has 0 spiro atoms. The highest BCUT2D eigenvalue weighted by Crippen LogP contribution is 2.36. The van der Waals surface area contributed by atoms with E-state index >= 15 is 0 Å². The van der Waals surface area contributed by atoms with Crippen LogP contribution in [0.2, 0.25) is 15.1 Å². The molecule has 0 unspecified atom stereocenters. The van der Waals surface area contributed by atoms with Crippen LogP contribution < -0.4 is 14.4 Å². The van der Waals surface area contributed by atoms with Crippen molar-refractivity contribution in [2.45, 2.75) is 44.7 Å². The average molecular weight is 686 g/mol. The van der Waals surface area contributed by atoms with Crippen molar-refractivity contribution >= 4 is 68.0 Å². The summed E-state index contributed by atoms with van der Waals surface area (Å²) in [5.41, 5.74) is 0.0665. The quantitative estimate of drug-likeness (QED) is 0.172. The van der Waals surface area contributed by atoms with Gasteiger partial charge in [-0.25, -0.2) is 8.42 Å². The number of sulfonamides is 1. The SMILES string of the molecule is CCCNC(=O)[C@@H](C)N(Cc1c(Cl)cccc1Cl)C(=O)CN(c1cc(Cl)ccc1OC)S(=O)(=O)c1ccc(C)c([N+](=O)[O-])c1. The van der Waals surface area contributed by atoms with Gasteiger partial charge in [-0.15, -0.1) is 0 Å². The molecule has 3 aromatic rings. The van der Waals surface area contributed by atoms with E-state index in [1.807, 2.05) is 6.92 Å². The average Bonchev–Trinajstić information content (AvgIpc) is 2.97. The molecular weight excluding hydrogens is 655 g/mol. The van der Waals surface area contributed by atoms with E-state index in [1.165, 1.54) is 51.3 Å². The monoisotopic (exact) mass is 684 g/mol. The summed E-state index contributed by atoms with van der Waals surface area (Å²) in [4.78, 5) is 38.8. The van der Waals surface area contributed by atoms with Gasteiger partial charge in [0.05, 0.1) is 22.6 Å². The molecule has 0 fully saturated rings. The maximum Gasteiger partial charge on any atom is 0.273 e. The summed E-state index contributed by atoms with van der Waals surface area (Å²) < 4.78 is 34.5. The second kappa shape index (κ2) is 14.9. The summed E-state index contributed by atoms with van der Waals surface area (Å²) >= 11 is 19.0. The first-order chi connectivity index (χ1) is 20.7. The van der Waals surface area contributed by atoms with Crippen LogP contribution in [0.4, 0.5) is 11.4 Å². The van der Waals surface area contributed by atoms with Crippen molar-refractivity contribution in [3.8, 4) is 5.75 Å². The number of hydrogen-bond donors (Lipinski definition) is 1. The fourth-order valence-corrected chi connectivity index (χ4v) is 6.40. The lowest BCUT2D eigenvalue weighted by Gasteiger charge is -2.32. The van der Waals surface area contributed by atoms with Gasteiger partial charge in [-0.05, 0) is 56.7 Å². The van der Waals surface area contributed by atoms with Crippen molar-refractivity contribution in [2.75, 3.05) is 24.5 Å². The van der Waals surface area contributed by atoms with Crippen LogP contribution in [0.25, 0.3) is 0 Å². The van der Waals surface area contributed by atoms with Gasteiger partial charge in [0.15, 0.2) is 0 Å². The molecular formula is C29H31Cl3N4O7S. The van der Waals surface area contributed by atoms with Gasteiger partial charge in [0.1, 0.15) is 18.3 Å². The first-order valence-corrected chi connectivity index (χ1v) is 15.9. The Morgan fingerprint density at radius 3 is 2.32 bits per heavy atom. The standard InChI is InChI=1S/C29H31Cl3N4O7S/c1-5-13-33-29(38)19(3)34(16-22-23(31)7-6-8-24(22)32)28(37)17-35(26-14-20(30)10-12-27(26)43-4)44(41,42)21-11-9-18(2)25(15-21)36(39)40/h6-12,14-15,19H,5,13,16-17H2,1-4H3,(H,33,38)/t19-/m1/s1. The Balaban J connectivity index is 2.19. The molecule has 3 aromatic carbocycles. The Hall–Kier alpha value is -3.58. The molecule has 1 N–H and O–H groups in total. The topological polar surface area (TPSA) is 139 Å². The summed E-state index contributed by atoms with van der Waals surface area (Å²) in [5.74, 6) is -1.22. The molecule has 236 valence electrons. The molecule has 0 aromatic heterocycles. The van der Waals surface area contributed by atoms with Crippen LogP contribution >= 0.6 is 34.8 Å². The van der Waals surface area contributed by atoms with Crippen molar-refractivity contribution in [2.24, 2.45) is 0 Å². The number of nitro benzene ring substituents is 1. The zero-order valence-corrected chi connectivity index (χ0v) is 27.4. The van der Waals surface area contributed by atoms with Gasteiger partial charge in [-0.1, -0.05) is 53.9 Å². The zero-order chi connectivity index (χ0) is 32.8. The number of carbonyl (C=O) groups is 2. The van der Waals surface area contributed by atoms with Crippen LogP contribution in [-0.4, -0.2) is 56.3 Å². The summed E-state index contributed by atoms with van der Waals surface area (Å²) in [5, 5.41) is 15.0. The molecule has 0 heterocycles. The van der Waals surface area contributed by atoms with Gasteiger partial charge >= 0.3 is 0 Å². The molecule has 11 nitrogen and oxygen atoms in total. The van der Waals surface area contributed by atoms with Crippen molar-refractivity contribution < 1.29 is 27.7 Å². The Morgan fingerprint density at radius 2 is 1.73 bits per heavy atom. The second-order valence-electron chi connectivity index (χ2n) is 9.72. The fraction of sp³-hybridized carbons (Fsp3) is 0.310. The fourth-order valence-electron chi connectivity index (χ4n) is 4.28. The number of nitrogens with one attached hydrogen (secondary N) is 1. The number of hydrogen-bond acceptors (Lipinski definition) is 7. The maximum absolute atomic E-state index is 14.2. The van der Waals surface area contributed by atoms with Crippen LogP contribution in [0.15, 0.2) is 59.5 Å². The minimum absolute atomic E-state index is 0.0572. The van der Waals surface area contributed by atoms with Crippen molar-refractivity contribution in [3.05, 3.63) is 90.9 Å². The first-order valence-electron chi connectivity index (χ1n) is 13.3. The summed E-state index contributed by atoms with van der Waals surface area (Å²) in [7, 11) is -3.36. The van der Waals surface area contributed by atoms with Gasteiger partial charge < -0.3 is 15.0 Å². The molecule has 0 radical (unpaired) electrons. The third kappa shape index (κ3) is 7.92. The molecule has 1 atom stereocenters. The highest BCUT2D eigenvalue weighted by molar-refractivity contribution is 7.92. The van der Waals surface area contributed by atoms with E-state index in [4.69, 9.17) is 39.5 Å². The minimum Gasteiger partial charge on any atom is -0.495 e. The minimum atomic E-state index is -4.66. The molecule has 0 aliphatic rings. The number of anilines is 1. The third-order valence-corrected chi connectivity index (χ3v) is 9.46. The summed E-state index contributed by atoms with van der Waals surface area (Å²) in [6, 6.07) is 11.3. The molecule has 44 heavy (non-hydrogen) atoms. The van der Waals surface area contributed by atoms with Crippen LogP contribution in [-0.2, 0) is 26.2 Å². The van der Waals surface area contributed by atoms with Crippen molar-refractivity contribution in [3.63, 3.8) is 0 Å². The number of halogens is 3. The molecule has 0 saturated heterocycles. The molecule has 2 amide bonds. The molecule has 0 saturated carbocycles. The van der Waals surface area contributed by atoms with E-state index in [1.54, 1.807) is 18.2 Å². The highest BCUT2D eigenvalue weighted by Gasteiger charge is 2.35. The van der Waals surface area contributed by atoms with E-state index in [-0.39, 0.29) is 38.6 Å². The van der Waals surface area contributed by atoms with E-state index in [9.17, 15) is 28.1 Å². The maximum atomic E-state index is 14.2. The zero-order valence-electron chi connectivity index (χ0n) is 24.3. The van der Waals surface area contributed by atoms with Gasteiger partial charge in [-0.2, -0.15) is 0 Å². The van der Waals surface area contributed by atoms with Gasteiger partial charge in [-0.3, -0.25) is 24.0 Å². The number of methoxy groups -OCH3 is 1. The number of aryl methyl sites for hydroxylation is 1. The number of carbonyl (C=O) groups excluding carboxylic acids is 2. The lowest BCUT2D eigenvalue weighted by Crippen LogP contribution is -2.51. The van der Waals surface area contributed by atoms with Gasteiger partial charge in [0.25, 0.3) is 15.7 Å². The predicted octanol–water partition coefficient (Wildman–Crippen LogP) is 6.01. The third-order valence-electron chi connectivity index (χ3n) is 6.76. The first kappa shape index (κ1) is 34.9. The molecule has 15 heteroatoms. The van der Waals surface area contributed by atoms with E-state index in [2.05, 4.69) is 5.32 Å². The molecule has 3 rings (SSSR count). The van der Waals surface area contributed by atoms with Crippen LogP contribution in [0.3, 0.4) is 0 Å². The van der Waals surface area contributed by atoms with Crippen LogP contribution in [0.1, 0.15) is 31.4 Å². The molecule has 0 aliphatic heterocycles. The van der Waals surface area contributed by atoms with Gasteiger partial charge in [0, 0.05) is 45.4 Å².